The Bertz CT molecular complexity index is 505. The van der Waals surface area contributed by atoms with E-state index in [1.54, 1.807) is 18.2 Å². The first-order valence-corrected chi connectivity index (χ1v) is 7.70. The number of hydrogen-bond acceptors (Lipinski definition) is 3. The first-order chi connectivity index (χ1) is 8.36. The molecule has 4 nitrogen and oxygen atoms in total. The molecule has 0 fully saturated rings. The SMILES string of the molecule is CC(CO)S(=O)(=O)NCCc1ccc(Cl)cc1Cl. The molecule has 0 saturated carbocycles. The van der Waals surface area contributed by atoms with Crippen LogP contribution in [0.2, 0.25) is 10.0 Å². The third-order valence-electron chi connectivity index (χ3n) is 2.50. The predicted molar refractivity (Wildman–Crippen MR) is 73.6 cm³/mol. The van der Waals surface area contributed by atoms with E-state index < -0.39 is 21.9 Å². The fourth-order valence-corrected chi connectivity index (χ4v) is 2.66. The highest BCUT2D eigenvalue weighted by Crippen LogP contribution is 2.21. The van der Waals surface area contributed by atoms with Gasteiger partial charge in [-0.3, -0.25) is 0 Å². The fraction of sp³-hybridized carbons (Fsp3) is 0.455. The number of sulfonamides is 1. The smallest absolute Gasteiger partial charge is 0.216 e. The van der Waals surface area contributed by atoms with Crippen LogP contribution in [-0.4, -0.2) is 31.9 Å². The standard InChI is InChI=1S/C11H15Cl2NO3S/c1-8(7-15)18(16,17)14-5-4-9-2-3-10(12)6-11(9)13/h2-3,6,8,14-15H,4-5,7H2,1H3. The molecule has 0 aliphatic carbocycles. The highest BCUT2D eigenvalue weighted by molar-refractivity contribution is 7.90. The molecule has 0 aliphatic heterocycles. The third kappa shape index (κ3) is 4.40. The summed E-state index contributed by atoms with van der Waals surface area (Å²) in [6, 6.07) is 5.07. The van der Waals surface area contributed by atoms with Crippen LogP contribution in [-0.2, 0) is 16.4 Å². The van der Waals surface area contributed by atoms with Crippen LogP contribution in [0, 0.1) is 0 Å². The molecule has 0 amide bonds. The van der Waals surface area contributed by atoms with Gasteiger partial charge < -0.3 is 5.11 Å². The highest BCUT2D eigenvalue weighted by Gasteiger charge is 2.18. The lowest BCUT2D eigenvalue weighted by atomic mass is 10.1. The van der Waals surface area contributed by atoms with Gasteiger partial charge >= 0.3 is 0 Å². The zero-order chi connectivity index (χ0) is 13.8. The molecule has 18 heavy (non-hydrogen) atoms. The summed E-state index contributed by atoms with van der Waals surface area (Å²) < 4.78 is 25.6. The molecule has 1 aromatic rings. The summed E-state index contributed by atoms with van der Waals surface area (Å²) in [7, 11) is -3.47. The molecule has 1 atom stereocenters. The second-order valence-electron chi connectivity index (χ2n) is 3.92. The molecule has 7 heteroatoms. The Morgan fingerprint density at radius 1 is 1.39 bits per heavy atom. The van der Waals surface area contributed by atoms with Crippen LogP contribution in [0.15, 0.2) is 18.2 Å². The van der Waals surface area contributed by atoms with Gasteiger partial charge in [0.25, 0.3) is 0 Å². The van der Waals surface area contributed by atoms with Crippen LogP contribution in [0.4, 0.5) is 0 Å². The quantitative estimate of drug-likeness (QED) is 0.842. The Kier molecular flexibility index (Phi) is 5.88. The van der Waals surface area contributed by atoms with Crippen molar-refractivity contribution >= 4 is 33.2 Å². The molecule has 1 unspecified atom stereocenters. The third-order valence-corrected chi connectivity index (χ3v) is 4.90. The predicted octanol–water partition coefficient (Wildman–Crippen LogP) is 1.84. The maximum absolute atomic E-state index is 11.6. The lowest BCUT2D eigenvalue weighted by Gasteiger charge is -2.11. The Morgan fingerprint density at radius 3 is 2.61 bits per heavy atom. The van der Waals surface area contributed by atoms with Crippen LogP contribution in [0.1, 0.15) is 12.5 Å². The molecule has 2 N–H and O–H groups in total. The Balaban J connectivity index is 2.57. The molecule has 0 aromatic heterocycles. The van der Waals surface area contributed by atoms with E-state index in [0.29, 0.717) is 16.5 Å². The van der Waals surface area contributed by atoms with E-state index >= 15 is 0 Å². The van der Waals surface area contributed by atoms with Gasteiger partial charge in [-0.25, -0.2) is 13.1 Å². The van der Waals surface area contributed by atoms with Gasteiger partial charge in [0.05, 0.1) is 11.9 Å². The van der Waals surface area contributed by atoms with E-state index in [4.69, 9.17) is 28.3 Å². The molecular weight excluding hydrogens is 297 g/mol. The second kappa shape index (κ2) is 6.73. The molecular formula is C11H15Cl2NO3S. The Hall–Kier alpha value is -0.330. The molecule has 0 saturated heterocycles. The molecule has 1 aromatic carbocycles. The Labute approximate surface area is 117 Å². The molecule has 1 rings (SSSR count). The number of nitrogens with one attached hydrogen (secondary N) is 1. The zero-order valence-electron chi connectivity index (χ0n) is 9.86. The van der Waals surface area contributed by atoms with Gasteiger partial charge in [-0.1, -0.05) is 29.3 Å². The number of aliphatic hydroxyl groups excluding tert-OH is 1. The van der Waals surface area contributed by atoms with Crippen LogP contribution in [0.3, 0.4) is 0 Å². The first-order valence-electron chi connectivity index (χ1n) is 5.40. The summed E-state index contributed by atoms with van der Waals surface area (Å²) in [5.41, 5.74) is 0.820. The monoisotopic (exact) mass is 311 g/mol. The summed E-state index contributed by atoms with van der Waals surface area (Å²) in [6.45, 7) is 1.27. The minimum atomic E-state index is -3.47. The van der Waals surface area contributed by atoms with Crippen molar-refractivity contribution in [1.82, 2.24) is 4.72 Å². The lowest BCUT2D eigenvalue weighted by Crippen LogP contribution is -2.35. The van der Waals surface area contributed by atoms with Gasteiger partial charge in [-0.2, -0.15) is 0 Å². The topological polar surface area (TPSA) is 66.4 Å². The lowest BCUT2D eigenvalue weighted by molar-refractivity contribution is 0.295. The van der Waals surface area contributed by atoms with Crippen molar-refractivity contribution in [2.75, 3.05) is 13.2 Å². The summed E-state index contributed by atoms with van der Waals surface area (Å²) in [5.74, 6) is 0. The van der Waals surface area contributed by atoms with Crippen molar-refractivity contribution in [3.63, 3.8) is 0 Å². The summed E-state index contributed by atoms with van der Waals surface area (Å²) in [4.78, 5) is 0. The van der Waals surface area contributed by atoms with Crippen LogP contribution in [0.5, 0.6) is 0 Å². The maximum Gasteiger partial charge on any atom is 0.216 e. The van der Waals surface area contributed by atoms with Crippen molar-refractivity contribution in [1.29, 1.82) is 0 Å². The molecule has 0 bridgehead atoms. The first kappa shape index (κ1) is 15.7. The molecule has 0 spiro atoms. The molecule has 0 radical (unpaired) electrons. The van der Waals surface area contributed by atoms with Gasteiger partial charge in [-0.05, 0) is 31.0 Å². The highest BCUT2D eigenvalue weighted by atomic mass is 35.5. The Morgan fingerprint density at radius 2 is 2.06 bits per heavy atom. The van der Waals surface area contributed by atoms with Crippen molar-refractivity contribution in [2.45, 2.75) is 18.6 Å². The minimum absolute atomic E-state index is 0.230. The van der Waals surface area contributed by atoms with Gasteiger partial charge in [-0.15, -0.1) is 0 Å². The van der Waals surface area contributed by atoms with Crippen molar-refractivity contribution in [3.8, 4) is 0 Å². The van der Waals surface area contributed by atoms with Crippen molar-refractivity contribution in [2.24, 2.45) is 0 Å². The number of benzene rings is 1. The van der Waals surface area contributed by atoms with Crippen molar-refractivity contribution < 1.29 is 13.5 Å². The van der Waals surface area contributed by atoms with E-state index in [1.807, 2.05) is 0 Å². The number of rotatable bonds is 6. The summed E-state index contributed by atoms with van der Waals surface area (Å²) >= 11 is 11.7. The van der Waals surface area contributed by atoms with Crippen molar-refractivity contribution in [3.05, 3.63) is 33.8 Å². The van der Waals surface area contributed by atoms with Crippen LogP contribution >= 0.6 is 23.2 Å². The van der Waals surface area contributed by atoms with E-state index in [1.165, 1.54) is 6.92 Å². The van der Waals surface area contributed by atoms with E-state index in [9.17, 15) is 8.42 Å². The average molecular weight is 312 g/mol. The number of aliphatic hydroxyl groups is 1. The van der Waals surface area contributed by atoms with Gasteiger partial charge in [0, 0.05) is 16.6 Å². The minimum Gasteiger partial charge on any atom is -0.395 e. The van der Waals surface area contributed by atoms with Gasteiger partial charge in [0.1, 0.15) is 0 Å². The van der Waals surface area contributed by atoms with Crippen LogP contribution in [0.25, 0.3) is 0 Å². The maximum atomic E-state index is 11.6. The van der Waals surface area contributed by atoms with E-state index in [-0.39, 0.29) is 6.54 Å². The van der Waals surface area contributed by atoms with E-state index in [2.05, 4.69) is 4.72 Å². The molecule has 0 heterocycles. The largest absolute Gasteiger partial charge is 0.395 e. The number of hydrogen-bond donors (Lipinski definition) is 2. The number of halogens is 2. The average Bonchev–Trinajstić information content (AvgIpc) is 2.30. The fourth-order valence-electron chi connectivity index (χ4n) is 1.29. The second-order valence-corrected chi connectivity index (χ2v) is 6.95. The normalized spacial score (nSPS) is 13.6. The van der Waals surface area contributed by atoms with E-state index in [0.717, 1.165) is 5.56 Å². The van der Waals surface area contributed by atoms with Gasteiger partial charge in [0.2, 0.25) is 10.0 Å². The van der Waals surface area contributed by atoms with Gasteiger partial charge in [0.15, 0.2) is 0 Å². The van der Waals surface area contributed by atoms with Crippen LogP contribution < -0.4 is 4.72 Å². The molecule has 0 aliphatic rings. The summed E-state index contributed by atoms with van der Waals surface area (Å²) in [6.07, 6.45) is 0.466. The zero-order valence-corrected chi connectivity index (χ0v) is 12.2. The molecule has 102 valence electrons. The summed E-state index contributed by atoms with van der Waals surface area (Å²) in [5, 5.41) is 9.04.